The first-order valence-corrected chi connectivity index (χ1v) is 5.00. The lowest BCUT2D eigenvalue weighted by Crippen LogP contribution is -2.32. The maximum atomic E-state index is 11.4. The number of rotatable bonds is 1. The molecule has 0 radical (unpaired) electrons. The summed E-state index contributed by atoms with van der Waals surface area (Å²) in [6, 6.07) is 0. The lowest BCUT2D eigenvalue weighted by molar-refractivity contribution is -0.118. The third-order valence-corrected chi connectivity index (χ3v) is 3.84. The first-order chi connectivity index (χ1) is 6.16. The fourth-order valence-corrected chi connectivity index (χ4v) is 2.92. The largest absolute Gasteiger partial charge is 0.295 e. The molecule has 0 amide bonds. The molecule has 0 heterocycles. The molecule has 70 valence electrons. The number of carbonyl (C=O) groups is 1. The standard InChI is InChI=1S/C12H16O/c1-3-9-4-5-10-6-7-11(13)8-12(9,10)2/h3,6-7,9-10H,1,4-5,8H2,2H3/t9-,10-,12-/m1/s1. The van der Waals surface area contributed by atoms with Gasteiger partial charge in [0.2, 0.25) is 0 Å². The van der Waals surface area contributed by atoms with Crippen LogP contribution in [0, 0.1) is 17.3 Å². The van der Waals surface area contributed by atoms with Crippen LogP contribution in [0.4, 0.5) is 0 Å². The van der Waals surface area contributed by atoms with Gasteiger partial charge in [-0.2, -0.15) is 0 Å². The predicted octanol–water partition coefficient (Wildman–Crippen LogP) is 2.73. The highest BCUT2D eigenvalue weighted by Gasteiger charge is 2.46. The Balaban J connectivity index is 2.33. The number of fused-ring (bicyclic) bond motifs is 1. The van der Waals surface area contributed by atoms with Crippen molar-refractivity contribution in [2.75, 3.05) is 0 Å². The van der Waals surface area contributed by atoms with Crippen LogP contribution in [-0.4, -0.2) is 5.78 Å². The van der Waals surface area contributed by atoms with Gasteiger partial charge in [-0.15, -0.1) is 6.58 Å². The number of allylic oxidation sites excluding steroid dienone is 3. The summed E-state index contributed by atoms with van der Waals surface area (Å²) in [5, 5.41) is 0. The van der Waals surface area contributed by atoms with E-state index in [1.165, 1.54) is 12.8 Å². The van der Waals surface area contributed by atoms with Crippen molar-refractivity contribution < 1.29 is 4.79 Å². The average molecular weight is 176 g/mol. The van der Waals surface area contributed by atoms with E-state index in [4.69, 9.17) is 0 Å². The molecule has 2 aliphatic rings. The van der Waals surface area contributed by atoms with Gasteiger partial charge in [0.1, 0.15) is 0 Å². The molecule has 0 bridgehead atoms. The lowest BCUT2D eigenvalue weighted by atomic mass is 9.68. The van der Waals surface area contributed by atoms with Crippen molar-refractivity contribution >= 4 is 5.78 Å². The van der Waals surface area contributed by atoms with Crippen LogP contribution in [0.5, 0.6) is 0 Å². The van der Waals surface area contributed by atoms with Gasteiger partial charge in [-0.1, -0.05) is 19.1 Å². The van der Waals surface area contributed by atoms with E-state index in [0.29, 0.717) is 18.3 Å². The molecule has 13 heavy (non-hydrogen) atoms. The Bertz CT molecular complexity index is 277. The van der Waals surface area contributed by atoms with E-state index < -0.39 is 0 Å². The molecule has 3 atom stereocenters. The van der Waals surface area contributed by atoms with E-state index >= 15 is 0 Å². The zero-order valence-electron chi connectivity index (χ0n) is 8.12. The maximum absolute atomic E-state index is 11.4. The van der Waals surface area contributed by atoms with Crippen molar-refractivity contribution in [3.8, 4) is 0 Å². The number of ketones is 1. The molecule has 2 rings (SSSR count). The van der Waals surface area contributed by atoms with Gasteiger partial charge in [0.15, 0.2) is 5.78 Å². The summed E-state index contributed by atoms with van der Waals surface area (Å²) >= 11 is 0. The SMILES string of the molecule is C=C[C@@H]1CC[C@@H]2C=CC(=O)C[C@]12C. The molecule has 0 aromatic rings. The minimum atomic E-state index is 0.174. The van der Waals surface area contributed by atoms with Gasteiger partial charge in [0.25, 0.3) is 0 Å². The zero-order chi connectivity index (χ0) is 9.47. The Labute approximate surface area is 79.5 Å². The van der Waals surface area contributed by atoms with E-state index in [1.54, 1.807) is 6.08 Å². The van der Waals surface area contributed by atoms with Crippen molar-refractivity contribution in [1.29, 1.82) is 0 Å². The molecule has 0 unspecified atom stereocenters. The van der Waals surface area contributed by atoms with Gasteiger partial charge in [0, 0.05) is 6.42 Å². The molecule has 0 saturated heterocycles. The Kier molecular flexibility index (Phi) is 1.90. The van der Waals surface area contributed by atoms with Crippen LogP contribution in [0.2, 0.25) is 0 Å². The molecule has 1 saturated carbocycles. The minimum Gasteiger partial charge on any atom is -0.295 e. The Morgan fingerprint density at radius 3 is 3.08 bits per heavy atom. The fraction of sp³-hybridized carbons (Fsp3) is 0.583. The summed E-state index contributed by atoms with van der Waals surface area (Å²) in [7, 11) is 0. The van der Waals surface area contributed by atoms with E-state index in [-0.39, 0.29) is 11.2 Å². The van der Waals surface area contributed by atoms with Gasteiger partial charge >= 0.3 is 0 Å². The molecular formula is C12H16O. The van der Waals surface area contributed by atoms with Gasteiger partial charge in [-0.25, -0.2) is 0 Å². The van der Waals surface area contributed by atoms with Gasteiger partial charge in [0.05, 0.1) is 0 Å². The summed E-state index contributed by atoms with van der Waals surface area (Å²) in [5.41, 5.74) is 0.174. The highest BCUT2D eigenvalue weighted by molar-refractivity contribution is 5.91. The molecule has 0 aromatic heterocycles. The smallest absolute Gasteiger partial charge is 0.155 e. The summed E-state index contributed by atoms with van der Waals surface area (Å²) in [5.74, 6) is 1.42. The second-order valence-electron chi connectivity index (χ2n) is 4.53. The van der Waals surface area contributed by atoms with Crippen LogP contribution in [0.1, 0.15) is 26.2 Å². The highest BCUT2D eigenvalue weighted by atomic mass is 16.1. The summed E-state index contributed by atoms with van der Waals surface area (Å²) in [6.45, 7) is 6.10. The van der Waals surface area contributed by atoms with Crippen molar-refractivity contribution in [3.63, 3.8) is 0 Å². The molecule has 1 heteroatoms. The van der Waals surface area contributed by atoms with Crippen LogP contribution in [0.15, 0.2) is 24.8 Å². The zero-order valence-corrected chi connectivity index (χ0v) is 8.12. The van der Waals surface area contributed by atoms with Gasteiger partial charge in [-0.05, 0) is 36.2 Å². The first-order valence-electron chi connectivity index (χ1n) is 5.00. The number of hydrogen-bond acceptors (Lipinski definition) is 1. The van der Waals surface area contributed by atoms with Crippen LogP contribution in [-0.2, 0) is 4.79 Å². The van der Waals surface area contributed by atoms with Crippen LogP contribution in [0.3, 0.4) is 0 Å². The van der Waals surface area contributed by atoms with E-state index in [1.807, 2.05) is 6.08 Å². The van der Waals surface area contributed by atoms with Crippen molar-refractivity contribution in [2.45, 2.75) is 26.2 Å². The van der Waals surface area contributed by atoms with Gasteiger partial charge < -0.3 is 0 Å². The van der Waals surface area contributed by atoms with Crippen LogP contribution >= 0.6 is 0 Å². The second kappa shape index (κ2) is 2.83. The summed E-state index contributed by atoms with van der Waals surface area (Å²) < 4.78 is 0. The minimum absolute atomic E-state index is 0.174. The van der Waals surface area contributed by atoms with E-state index in [9.17, 15) is 4.79 Å². The Morgan fingerprint density at radius 2 is 2.38 bits per heavy atom. The molecule has 0 spiro atoms. The predicted molar refractivity (Wildman–Crippen MR) is 53.3 cm³/mol. The summed E-state index contributed by atoms with van der Waals surface area (Å²) in [4.78, 5) is 11.4. The molecule has 1 nitrogen and oxygen atoms in total. The lowest BCUT2D eigenvalue weighted by Gasteiger charge is -2.35. The van der Waals surface area contributed by atoms with Gasteiger partial charge in [-0.3, -0.25) is 4.79 Å². The van der Waals surface area contributed by atoms with Crippen molar-refractivity contribution in [3.05, 3.63) is 24.8 Å². The quantitative estimate of drug-likeness (QED) is 0.561. The normalized spacial score (nSPS) is 43.3. The fourth-order valence-electron chi connectivity index (χ4n) is 2.92. The number of hydrogen-bond donors (Lipinski definition) is 0. The third kappa shape index (κ3) is 1.18. The van der Waals surface area contributed by atoms with Crippen LogP contribution < -0.4 is 0 Å². The van der Waals surface area contributed by atoms with Crippen molar-refractivity contribution in [2.24, 2.45) is 17.3 Å². The van der Waals surface area contributed by atoms with Crippen molar-refractivity contribution in [1.82, 2.24) is 0 Å². The van der Waals surface area contributed by atoms with Crippen LogP contribution in [0.25, 0.3) is 0 Å². The molecule has 0 aliphatic heterocycles. The molecule has 1 fully saturated rings. The molecule has 0 aromatic carbocycles. The topological polar surface area (TPSA) is 17.1 Å². The maximum Gasteiger partial charge on any atom is 0.155 e. The summed E-state index contributed by atoms with van der Waals surface area (Å²) in [6.07, 6.45) is 9.03. The third-order valence-electron chi connectivity index (χ3n) is 3.84. The first kappa shape index (κ1) is 8.74. The van der Waals surface area contributed by atoms with E-state index in [2.05, 4.69) is 19.6 Å². The number of carbonyl (C=O) groups excluding carboxylic acids is 1. The monoisotopic (exact) mass is 176 g/mol. The molecular weight excluding hydrogens is 160 g/mol. The Morgan fingerprint density at radius 1 is 1.62 bits per heavy atom. The second-order valence-corrected chi connectivity index (χ2v) is 4.53. The average Bonchev–Trinajstić information content (AvgIpc) is 2.40. The highest BCUT2D eigenvalue weighted by Crippen LogP contribution is 2.52. The van der Waals surface area contributed by atoms with E-state index in [0.717, 1.165) is 0 Å². The molecule has 2 aliphatic carbocycles. The molecule has 0 N–H and O–H groups in total. The Hall–Kier alpha value is -0.850.